The van der Waals surface area contributed by atoms with Crippen molar-refractivity contribution in [2.24, 2.45) is 0 Å². The molecule has 0 aliphatic rings. The summed E-state index contributed by atoms with van der Waals surface area (Å²) in [7, 11) is 0. The maximum atomic E-state index is 14.6. The summed E-state index contributed by atoms with van der Waals surface area (Å²) in [5.74, 6) is -0.775. The number of alkyl halides is 3. The summed E-state index contributed by atoms with van der Waals surface area (Å²) in [6, 6.07) is 9.07. The molecule has 1 heterocycles. The molecule has 31 heavy (non-hydrogen) atoms. The molecule has 164 valence electrons. The molecule has 3 rings (SSSR count). The van der Waals surface area contributed by atoms with Gasteiger partial charge in [0.2, 0.25) is 0 Å². The molecule has 9 heteroatoms. The summed E-state index contributed by atoms with van der Waals surface area (Å²) >= 11 is 1.14. The van der Waals surface area contributed by atoms with Crippen LogP contribution in [0.15, 0.2) is 47.8 Å². The lowest BCUT2D eigenvalue weighted by Gasteiger charge is -2.16. The van der Waals surface area contributed by atoms with Gasteiger partial charge >= 0.3 is 6.18 Å². The third kappa shape index (κ3) is 5.22. The lowest BCUT2D eigenvalue weighted by Crippen LogP contribution is -2.30. The van der Waals surface area contributed by atoms with Crippen LogP contribution >= 0.6 is 11.3 Å². The van der Waals surface area contributed by atoms with Crippen LogP contribution in [-0.2, 0) is 12.8 Å². The summed E-state index contributed by atoms with van der Waals surface area (Å²) < 4.78 is 59.3. The van der Waals surface area contributed by atoms with Gasteiger partial charge in [-0.25, -0.2) is 9.37 Å². The number of hydrogen-bond donors (Lipinski definition) is 0. The first kappa shape index (κ1) is 22.7. The van der Waals surface area contributed by atoms with E-state index in [0.29, 0.717) is 18.1 Å². The number of aromatic nitrogens is 1. The number of amides is 1. The molecule has 0 saturated carbocycles. The zero-order chi connectivity index (χ0) is 22.6. The first-order valence-electron chi connectivity index (χ1n) is 9.57. The average Bonchev–Trinajstić information content (AvgIpc) is 3.22. The first-order valence-corrected chi connectivity index (χ1v) is 10.4. The van der Waals surface area contributed by atoms with Crippen LogP contribution in [0.4, 0.5) is 17.6 Å². The third-order valence-corrected chi connectivity index (χ3v) is 5.54. The number of benzene rings is 2. The fourth-order valence-electron chi connectivity index (χ4n) is 3.01. The third-order valence-electron chi connectivity index (χ3n) is 4.66. The van der Waals surface area contributed by atoms with Crippen LogP contribution in [0.3, 0.4) is 0 Å². The predicted octanol–water partition coefficient (Wildman–Crippen LogP) is 6.03. The van der Waals surface area contributed by atoms with E-state index in [0.717, 1.165) is 23.5 Å². The van der Waals surface area contributed by atoms with Gasteiger partial charge < -0.3 is 9.64 Å². The number of rotatable bonds is 7. The van der Waals surface area contributed by atoms with E-state index in [1.165, 1.54) is 30.3 Å². The monoisotopic (exact) mass is 452 g/mol. The van der Waals surface area contributed by atoms with Crippen LogP contribution in [0.2, 0.25) is 0 Å². The second-order valence-corrected chi connectivity index (χ2v) is 7.46. The maximum absolute atomic E-state index is 14.6. The minimum Gasteiger partial charge on any atom is -0.489 e. The largest absolute Gasteiger partial charge is 0.489 e. The Morgan fingerprint density at radius 2 is 1.84 bits per heavy atom. The summed E-state index contributed by atoms with van der Waals surface area (Å²) in [4.78, 5) is 18.2. The van der Waals surface area contributed by atoms with Crippen LogP contribution in [0.1, 0.15) is 35.5 Å². The summed E-state index contributed by atoms with van der Waals surface area (Å²) in [5.41, 5.74) is -0.405. The van der Waals surface area contributed by atoms with Crippen molar-refractivity contribution in [3.05, 3.63) is 70.5 Å². The highest BCUT2D eigenvalue weighted by atomic mass is 32.1. The van der Waals surface area contributed by atoms with Crippen molar-refractivity contribution in [1.82, 2.24) is 9.88 Å². The second kappa shape index (κ2) is 9.47. The lowest BCUT2D eigenvalue weighted by molar-refractivity contribution is -0.138. The quantitative estimate of drug-likeness (QED) is 0.411. The van der Waals surface area contributed by atoms with Gasteiger partial charge in [0.05, 0.1) is 5.56 Å². The molecule has 3 aromatic rings. The fraction of sp³-hybridized carbons (Fsp3) is 0.273. The van der Waals surface area contributed by atoms with Crippen molar-refractivity contribution < 1.29 is 27.1 Å². The number of halogens is 4. The van der Waals surface area contributed by atoms with Gasteiger partial charge in [-0.1, -0.05) is 18.2 Å². The number of ether oxygens (including phenoxy) is 1. The molecule has 0 saturated heterocycles. The maximum Gasteiger partial charge on any atom is 0.416 e. The second-order valence-electron chi connectivity index (χ2n) is 6.60. The van der Waals surface area contributed by atoms with Crippen molar-refractivity contribution in [2.75, 3.05) is 13.1 Å². The van der Waals surface area contributed by atoms with Crippen molar-refractivity contribution >= 4 is 17.2 Å². The van der Waals surface area contributed by atoms with Crippen molar-refractivity contribution in [2.45, 2.75) is 26.6 Å². The standard InChI is InChI=1S/C22H20F4N2O2S/c1-3-28(4-2)21(29)19-13-31-20(27-19)16-10-9-15(11-18(16)23)30-12-14-7-5-6-8-17(14)22(24,25)26/h5-11,13H,3-4,12H2,1-2H3. The molecular weight excluding hydrogens is 432 g/mol. The molecule has 0 bridgehead atoms. The Labute approximate surface area is 181 Å². The Morgan fingerprint density at radius 3 is 2.48 bits per heavy atom. The Kier molecular flexibility index (Phi) is 6.94. The SMILES string of the molecule is CCN(CC)C(=O)c1csc(-c2ccc(OCc3ccccc3C(F)(F)F)cc2F)n1. The zero-order valence-electron chi connectivity index (χ0n) is 16.9. The fourth-order valence-corrected chi connectivity index (χ4v) is 3.83. The number of carbonyl (C=O) groups is 1. The van der Waals surface area contributed by atoms with E-state index in [4.69, 9.17) is 4.74 Å². The van der Waals surface area contributed by atoms with Crippen LogP contribution in [-0.4, -0.2) is 28.9 Å². The van der Waals surface area contributed by atoms with E-state index in [2.05, 4.69) is 4.98 Å². The minimum atomic E-state index is -4.50. The topological polar surface area (TPSA) is 42.4 Å². The molecule has 4 nitrogen and oxygen atoms in total. The van der Waals surface area contributed by atoms with Gasteiger partial charge in [-0.15, -0.1) is 11.3 Å². The smallest absolute Gasteiger partial charge is 0.416 e. The normalized spacial score (nSPS) is 11.4. The van der Waals surface area contributed by atoms with E-state index >= 15 is 0 Å². The highest BCUT2D eigenvalue weighted by molar-refractivity contribution is 7.13. The minimum absolute atomic E-state index is 0.0426. The number of hydrogen-bond acceptors (Lipinski definition) is 4. The predicted molar refractivity (Wildman–Crippen MR) is 111 cm³/mol. The zero-order valence-corrected chi connectivity index (χ0v) is 17.7. The van der Waals surface area contributed by atoms with Gasteiger partial charge in [-0.3, -0.25) is 4.79 Å². The van der Waals surface area contributed by atoms with E-state index in [1.54, 1.807) is 10.3 Å². The molecule has 0 aliphatic heterocycles. The van der Waals surface area contributed by atoms with Crippen LogP contribution in [0.5, 0.6) is 5.75 Å². The van der Waals surface area contributed by atoms with E-state index < -0.39 is 17.6 Å². The summed E-state index contributed by atoms with van der Waals surface area (Å²) in [6.45, 7) is 4.45. The highest BCUT2D eigenvalue weighted by Gasteiger charge is 2.33. The molecule has 0 atom stereocenters. The molecule has 0 fully saturated rings. The van der Waals surface area contributed by atoms with Gasteiger partial charge in [0.15, 0.2) is 0 Å². The Balaban J connectivity index is 1.76. The molecule has 0 unspecified atom stereocenters. The van der Waals surface area contributed by atoms with Crippen molar-refractivity contribution in [1.29, 1.82) is 0 Å². The molecule has 0 radical (unpaired) electrons. The van der Waals surface area contributed by atoms with Crippen LogP contribution in [0, 0.1) is 5.82 Å². The van der Waals surface area contributed by atoms with E-state index in [1.807, 2.05) is 13.8 Å². The van der Waals surface area contributed by atoms with Gasteiger partial charge in [-0.05, 0) is 32.0 Å². The van der Waals surface area contributed by atoms with Gasteiger partial charge in [0.1, 0.15) is 28.9 Å². The van der Waals surface area contributed by atoms with Crippen LogP contribution < -0.4 is 4.74 Å². The highest BCUT2D eigenvalue weighted by Crippen LogP contribution is 2.33. The molecule has 0 aliphatic carbocycles. The van der Waals surface area contributed by atoms with Gasteiger partial charge in [0, 0.05) is 35.7 Å². The van der Waals surface area contributed by atoms with Gasteiger partial charge in [0.25, 0.3) is 5.91 Å². The molecule has 0 N–H and O–H groups in total. The average molecular weight is 452 g/mol. The molecular formula is C22H20F4N2O2S. The molecule has 0 spiro atoms. The molecule has 1 aromatic heterocycles. The Hall–Kier alpha value is -2.94. The van der Waals surface area contributed by atoms with E-state index in [-0.39, 0.29) is 35.1 Å². The number of carbonyl (C=O) groups excluding carboxylic acids is 1. The summed E-state index contributed by atoms with van der Waals surface area (Å²) in [6.07, 6.45) is -4.50. The van der Waals surface area contributed by atoms with Crippen molar-refractivity contribution in [3.8, 4) is 16.3 Å². The van der Waals surface area contributed by atoms with Crippen LogP contribution in [0.25, 0.3) is 10.6 Å². The summed E-state index contributed by atoms with van der Waals surface area (Å²) in [5, 5.41) is 1.91. The van der Waals surface area contributed by atoms with Gasteiger partial charge in [-0.2, -0.15) is 13.2 Å². The Morgan fingerprint density at radius 1 is 1.13 bits per heavy atom. The first-order chi connectivity index (χ1) is 14.7. The Bertz CT molecular complexity index is 1060. The van der Waals surface area contributed by atoms with Crippen molar-refractivity contribution in [3.63, 3.8) is 0 Å². The number of nitrogens with zero attached hydrogens (tertiary/aromatic N) is 2. The van der Waals surface area contributed by atoms with E-state index in [9.17, 15) is 22.4 Å². The molecule has 1 amide bonds. The lowest BCUT2D eigenvalue weighted by atomic mass is 10.1. The number of thiazole rings is 1. The molecule has 2 aromatic carbocycles.